The third-order valence-electron chi connectivity index (χ3n) is 3.42. The Morgan fingerprint density at radius 1 is 1.24 bits per heavy atom. The van der Waals surface area contributed by atoms with Crippen molar-refractivity contribution in [2.45, 2.75) is 19.3 Å². The summed E-state index contributed by atoms with van der Waals surface area (Å²) >= 11 is 3.51. The highest BCUT2D eigenvalue weighted by molar-refractivity contribution is 9.10. The van der Waals surface area contributed by atoms with Crippen LogP contribution in [0.5, 0.6) is 0 Å². The molecule has 0 amide bonds. The third-order valence-corrected chi connectivity index (χ3v) is 3.89. The molecule has 1 fully saturated rings. The zero-order valence-electron chi connectivity index (χ0n) is 9.77. The second-order valence-corrected chi connectivity index (χ2v) is 5.53. The topological polar surface area (TPSA) is 20.5 Å². The Balaban J connectivity index is 1.77. The number of pyridine rings is 1. The maximum atomic E-state index is 4.51. The summed E-state index contributed by atoms with van der Waals surface area (Å²) in [5.74, 6) is 1.16. The molecule has 0 saturated carbocycles. The molecule has 1 saturated heterocycles. The van der Waals surface area contributed by atoms with E-state index in [0.29, 0.717) is 0 Å². The lowest BCUT2D eigenvalue weighted by atomic mass is 10.3. The molecule has 3 nitrogen and oxygen atoms in total. The first-order valence-corrected chi connectivity index (χ1v) is 6.96. The minimum absolute atomic E-state index is 1.03. The van der Waals surface area contributed by atoms with Crippen LogP contribution in [0.25, 0.3) is 5.52 Å². The minimum Gasteiger partial charge on any atom is -0.303 e. The van der Waals surface area contributed by atoms with Crippen molar-refractivity contribution >= 4 is 21.4 Å². The number of halogens is 1. The van der Waals surface area contributed by atoms with Gasteiger partial charge in [-0.3, -0.25) is 0 Å². The third kappa shape index (κ3) is 2.38. The molecule has 17 heavy (non-hydrogen) atoms. The Hall–Kier alpha value is -0.870. The summed E-state index contributed by atoms with van der Waals surface area (Å²) in [6, 6.07) is 4.15. The van der Waals surface area contributed by atoms with Crippen molar-refractivity contribution in [1.82, 2.24) is 14.3 Å². The summed E-state index contributed by atoms with van der Waals surface area (Å²) < 4.78 is 3.28. The molecular weight excluding hydrogens is 278 g/mol. The summed E-state index contributed by atoms with van der Waals surface area (Å²) in [7, 11) is 0. The lowest BCUT2D eigenvalue weighted by Gasteiger charge is -2.13. The van der Waals surface area contributed by atoms with Crippen LogP contribution in [0.15, 0.2) is 29.0 Å². The standard InChI is InChI=1S/C13H16BrN3/c14-11-3-4-12-9-15-13(17(12)10-11)5-8-16-6-1-2-7-16/h3-4,9-10H,1-2,5-8H2. The van der Waals surface area contributed by atoms with E-state index in [1.165, 1.54) is 31.4 Å². The van der Waals surface area contributed by atoms with Crippen molar-refractivity contribution < 1.29 is 0 Å². The van der Waals surface area contributed by atoms with Crippen LogP contribution < -0.4 is 0 Å². The van der Waals surface area contributed by atoms with Gasteiger partial charge in [0.15, 0.2) is 0 Å². The molecule has 0 aliphatic carbocycles. The first-order chi connectivity index (χ1) is 8.33. The van der Waals surface area contributed by atoms with E-state index in [2.05, 4.69) is 48.5 Å². The van der Waals surface area contributed by atoms with Gasteiger partial charge in [-0.05, 0) is 54.0 Å². The van der Waals surface area contributed by atoms with Crippen molar-refractivity contribution in [2.75, 3.05) is 19.6 Å². The smallest absolute Gasteiger partial charge is 0.114 e. The minimum atomic E-state index is 1.03. The SMILES string of the molecule is Brc1ccc2cnc(CCN3CCCC3)n2c1. The lowest BCUT2D eigenvalue weighted by Crippen LogP contribution is -2.22. The number of rotatable bonds is 3. The second-order valence-electron chi connectivity index (χ2n) is 4.62. The summed E-state index contributed by atoms with van der Waals surface area (Å²) in [5, 5.41) is 0. The number of hydrogen-bond acceptors (Lipinski definition) is 2. The van der Waals surface area contributed by atoms with Crippen molar-refractivity contribution in [3.63, 3.8) is 0 Å². The average Bonchev–Trinajstić information content (AvgIpc) is 2.94. The maximum absolute atomic E-state index is 4.51. The average molecular weight is 294 g/mol. The number of hydrogen-bond donors (Lipinski definition) is 0. The van der Waals surface area contributed by atoms with Gasteiger partial charge in [0, 0.05) is 23.6 Å². The lowest BCUT2D eigenvalue weighted by molar-refractivity contribution is 0.340. The number of likely N-dealkylation sites (tertiary alicyclic amines) is 1. The molecule has 1 aliphatic heterocycles. The van der Waals surface area contributed by atoms with Gasteiger partial charge in [-0.15, -0.1) is 0 Å². The van der Waals surface area contributed by atoms with Crippen molar-refractivity contribution in [1.29, 1.82) is 0 Å². The molecule has 4 heteroatoms. The van der Waals surface area contributed by atoms with Gasteiger partial charge in [0.05, 0.1) is 11.7 Å². The molecule has 0 aromatic carbocycles. The monoisotopic (exact) mass is 293 g/mol. The summed E-state index contributed by atoms with van der Waals surface area (Å²) in [6.45, 7) is 3.64. The molecule has 3 rings (SSSR count). The van der Waals surface area contributed by atoms with Gasteiger partial charge in [-0.25, -0.2) is 4.98 Å². The fourth-order valence-electron chi connectivity index (χ4n) is 2.47. The molecule has 0 radical (unpaired) electrons. The predicted octanol–water partition coefficient (Wildman–Crippen LogP) is 2.74. The molecule has 0 spiro atoms. The van der Waals surface area contributed by atoms with E-state index in [4.69, 9.17) is 0 Å². The molecule has 0 atom stereocenters. The Labute approximate surface area is 110 Å². The fraction of sp³-hybridized carbons (Fsp3) is 0.462. The quantitative estimate of drug-likeness (QED) is 0.867. The maximum Gasteiger partial charge on any atom is 0.114 e. The van der Waals surface area contributed by atoms with Crippen LogP contribution in [0.4, 0.5) is 0 Å². The highest BCUT2D eigenvalue weighted by atomic mass is 79.9. The van der Waals surface area contributed by atoms with Crippen molar-refractivity contribution in [2.24, 2.45) is 0 Å². The predicted molar refractivity (Wildman–Crippen MR) is 72.3 cm³/mol. The molecular formula is C13H16BrN3. The van der Waals surface area contributed by atoms with Crippen LogP contribution in [0.1, 0.15) is 18.7 Å². The van der Waals surface area contributed by atoms with Gasteiger partial charge in [-0.2, -0.15) is 0 Å². The Morgan fingerprint density at radius 3 is 2.88 bits per heavy atom. The van der Waals surface area contributed by atoms with E-state index in [-0.39, 0.29) is 0 Å². The van der Waals surface area contributed by atoms with Gasteiger partial charge in [0.2, 0.25) is 0 Å². The van der Waals surface area contributed by atoms with Crippen molar-refractivity contribution in [3.8, 4) is 0 Å². The normalized spacial score (nSPS) is 17.0. The molecule has 2 aromatic rings. The molecule has 3 heterocycles. The van der Waals surface area contributed by atoms with Crippen molar-refractivity contribution in [3.05, 3.63) is 34.8 Å². The highest BCUT2D eigenvalue weighted by Gasteiger charge is 2.12. The van der Waals surface area contributed by atoms with Gasteiger partial charge in [-0.1, -0.05) is 0 Å². The van der Waals surface area contributed by atoms with E-state index in [1.54, 1.807) is 0 Å². The van der Waals surface area contributed by atoms with Gasteiger partial charge >= 0.3 is 0 Å². The second kappa shape index (κ2) is 4.78. The molecule has 0 unspecified atom stereocenters. The highest BCUT2D eigenvalue weighted by Crippen LogP contribution is 2.15. The zero-order valence-corrected chi connectivity index (χ0v) is 11.4. The Kier molecular flexibility index (Phi) is 3.16. The number of aromatic nitrogens is 2. The van der Waals surface area contributed by atoms with Crippen LogP contribution in [0.3, 0.4) is 0 Å². The van der Waals surface area contributed by atoms with Gasteiger partial charge in [0.1, 0.15) is 5.82 Å². The number of fused-ring (bicyclic) bond motifs is 1. The molecule has 0 bridgehead atoms. The van der Waals surface area contributed by atoms with Gasteiger partial charge in [0.25, 0.3) is 0 Å². The van der Waals surface area contributed by atoms with Crippen LogP contribution in [0, 0.1) is 0 Å². The molecule has 0 N–H and O–H groups in total. The van der Waals surface area contributed by atoms with E-state index in [9.17, 15) is 0 Å². The first kappa shape index (κ1) is 11.2. The molecule has 90 valence electrons. The largest absolute Gasteiger partial charge is 0.303 e. The zero-order chi connectivity index (χ0) is 11.7. The Morgan fingerprint density at radius 2 is 2.06 bits per heavy atom. The molecule has 2 aromatic heterocycles. The van der Waals surface area contributed by atoms with Crippen LogP contribution in [0.2, 0.25) is 0 Å². The summed E-state index contributed by atoms with van der Waals surface area (Å²) in [4.78, 5) is 7.04. The van der Waals surface area contributed by atoms with Gasteiger partial charge < -0.3 is 9.30 Å². The summed E-state index contributed by atoms with van der Waals surface area (Å²) in [5.41, 5.74) is 1.17. The van der Waals surface area contributed by atoms with E-state index in [1.807, 2.05) is 6.20 Å². The van der Waals surface area contributed by atoms with E-state index < -0.39 is 0 Å². The van der Waals surface area contributed by atoms with Crippen LogP contribution >= 0.6 is 15.9 Å². The van der Waals surface area contributed by atoms with Crippen LogP contribution in [-0.2, 0) is 6.42 Å². The molecule has 1 aliphatic rings. The fourth-order valence-corrected chi connectivity index (χ4v) is 2.80. The number of imidazole rings is 1. The number of nitrogens with zero attached hydrogens (tertiary/aromatic N) is 3. The first-order valence-electron chi connectivity index (χ1n) is 6.17. The Bertz CT molecular complexity index is 514. The van der Waals surface area contributed by atoms with Crippen LogP contribution in [-0.4, -0.2) is 33.9 Å². The van der Waals surface area contributed by atoms with E-state index in [0.717, 1.165) is 23.3 Å². The van der Waals surface area contributed by atoms with E-state index >= 15 is 0 Å². The summed E-state index contributed by atoms with van der Waals surface area (Å²) in [6.07, 6.45) is 7.79.